The lowest BCUT2D eigenvalue weighted by Gasteiger charge is -2.09. The quantitative estimate of drug-likeness (QED) is 0.0700. The Hall–Kier alpha value is -1.79. The first-order valence-corrected chi connectivity index (χ1v) is 11.3. The van der Waals surface area contributed by atoms with E-state index in [0.29, 0.717) is 12.8 Å². The van der Waals surface area contributed by atoms with Crippen molar-refractivity contribution in [3.8, 4) is 0 Å². The molecule has 0 aromatic carbocycles. The third-order valence-corrected chi connectivity index (χ3v) is 5.30. The number of nitrogens with zero attached hydrogens (tertiary/aromatic N) is 2. The second-order valence-corrected chi connectivity index (χ2v) is 7.83. The van der Waals surface area contributed by atoms with Gasteiger partial charge in [0.25, 0.3) is 0 Å². The van der Waals surface area contributed by atoms with Gasteiger partial charge >= 0.3 is 11.9 Å². The molecule has 0 N–H and O–H groups in total. The van der Waals surface area contributed by atoms with Crippen LogP contribution in [0.3, 0.4) is 0 Å². The minimum atomic E-state index is -2.79. The van der Waals surface area contributed by atoms with Crippen molar-refractivity contribution in [1.29, 1.82) is 0 Å². The van der Waals surface area contributed by atoms with Crippen LogP contribution >= 0.6 is 0 Å². The zero-order valence-corrected chi connectivity index (χ0v) is 18.1. The minimum Gasteiger partial charge on any atom is -0.273 e. The van der Waals surface area contributed by atoms with Crippen LogP contribution in [-0.4, -0.2) is 21.8 Å². The predicted molar refractivity (Wildman–Crippen MR) is 116 cm³/mol. The molecular weight excluding hydrogens is 372 g/mol. The molecule has 0 heterocycles. The molecule has 167 valence electrons. The Morgan fingerprint density at radius 2 is 1.07 bits per heavy atom. The molecule has 0 aliphatic rings. The summed E-state index contributed by atoms with van der Waals surface area (Å²) in [5.74, 6) is 0. The summed E-state index contributed by atoms with van der Waals surface area (Å²) < 4.78 is 0. The average molecular weight is 412 g/mol. The lowest BCUT2D eigenvalue weighted by Crippen LogP contribution is -2.47. The van der Waals surface area contributed by atoms with Crippen LogP contribution in [0.15, 0.2) is 12.2 Å². The lowest BCUT2D eigenvalue weighted by atomic mass is 10.0. The van der Waals surface area contributed by atoms with Crippen LogP contribution < -0.4 is 0 Å². The van der Waals surface area contributed by atoms with E-state index in [2.05, 4.69) is 19.1 Å². The monoisotopic (exact) mass is 411 g/mol. The molecule has 0 aliphatic carbocycles. The summed E-state index contributed by atoms with van der Waals surface area (Å²) >= 11 is 0. The van der Waals surface area contributed by atoms with Gasteiger partial charge in [-0.1, -0.05) is 89.7 Å². The molecule has 0 saturated carbocycles. The summed E-state index contributed by atoms with van der Waals surface area (Å²) in [5.41, 5.74) is -2.79. The molecule has 0 unspecified atom stereocenters. The summed E-state index contributed by atoms with van der Waals surface area (Å²) in [6, 6.07) is 0. The number of unbranched alkanes of at least 4 members (excludes halogenated alkanes) is 14. The third-order valence-electron chi connectivity index (χ3n) is 5.30. The summed E-state index contributed by atoms with van der Waals surface area (Å²) in [4.78, 5) is 30.0. The fourth-order valence-corrected chi connectivity index (χ4v) is 3.35. The highest BCUT2D eigenvalue weighted by Gasteiger charge is 2.57. The normalized spacial score (nSPS) is 11.8. The topological polar surface area (TPSA) is 103 Å². The molecule has 0 atom stereocenters. The Kier molecular flexibility index (Phi) is 17.1. The second kappa shape index (κ2) is 18.3. The number of nitro groups is 2. The second-order valence-electron chi connectivity index (χ2n) is 7.83. The van der Waals surface area contributed by atoms with Crippen molar-refractivity contribution in [3.63, 3.8) is 0 Å². The van der Waals surface area contributed by atoms with Crippen LogP contribution in [-0.2, 0) is 4.79 Å². The number of carbonyl (C=O) groups excluding carboxylic acids is 1. The van der Waals surface area contributed by atoms with Crippen molar-refractivity contribution in [1.82, 2.24) is 0 Å². The van der Waals surface area contributed by atoms with Crippen LogP contribution in [0.5, 0.6) is 0 Å². The maximum atomic E-state index is 10.8. The van der Waals surface area contributed by atoms with Gasteiger partial charge in [0.1, 0.15) is 9.85 Å². The van der Waals surface area contributed by atoms with Crippen LogP contribution in [0.4, 0.5) is 0 Å². The van der Waals surface area contributed by atoms with E-state index in [1.165, 1.54) is 64.2 Å². The van der Waals surface area contributed by atoms with Crippen LogP contribution in [0.25, 0.3) is 0 Å². The zero-order chi connectivity index (χ0) is 21.8. The Morgan fingerprint density at radius 1 is 0.690 bits per heavy atom. The van der Waals surface area contributed by atoms with E-state index in [1.807, 2.05) is 0 Å². The highest BCUT2D eigenvalue weighted by atomic mass is 16.7. The van der Waals surface area contributed by atoms with Crippen LogP contribution in [0.2, 0.25) is 0 Å². The van der Waals surface area contributed by atoms with Gasteiger partial charge in [0.05, 0.1) is 6.42 Å². The molecule has 0 spiro atoms. The molecule has 0 bridgehead atoms. The summed E-state index contributed by atoms with van der Waals surface area (Å²) in [6.45, 7) is 2.24. The minimum absolute atomic E-state index is 0.292. The van der Waals surface area contributed by atoms with Crippen molar-refractivity contribution in [2.45, 2.75) is 122 Å². The maximum absolute atomic E-state index is 10.8. The SMILES string of the molecule is CCCCCCCC/C=C\CCCCCCCCCCC([C]=O)([N+](=O)[O-])[N+](=O)[O-]. The van der Waals surface area contributed by atoms with Gasteiger partial charge in [-0.3, -0.25) is 25.0 Å². The highest BCUT2D eigenvalue weighted by molar-refractivity contribution is 5.59. The van der Waals surface area contributed by atoms with Gasteiger partial charge in [-0.25, -0.2) is 0 Å². The van der Waals surface area contributed by atoms with E-state index in [-0.39, 0.29) is 6.42 Å². The summed E-state index contributed by atoms with van der Waals surface area (Å²) in [5, 5.41) is 21.6. The smallest absolute Gasteiger partial charge is 0.273 e. The van der Waals surface area contributed by atoms with Crippen LogP contribution in [0, 0.1) is 20.2 Å². The molecule has 0 aromatic rings. The molecule has 0 fully saturated rings. The summed E-state index contributed by atoms with van der Waals surface area (Å²) in [7, 11) is 0. The molecule has 7 nitrogen and oxygen atoms in total. The first kappa shape index (κ1) is 27.2. The molecule has 0 amide bonds. The van der Waals surface area contributed by atoms with Crippen molar-refractivity contribution < 1.29 is 14.6 Å². The van der Waals surface area contributed by atoms with Crippen LogP contribution in [0.1, 0.15) is 116 Å². The first-order valence-electron chi connectivity index (χ1n) is 11.3. The maximum Gasteiger partial charge on any atom is 0.523 e. The number of hydrogen-bond donors (Lipinski definition) is 0. The Labute approximate surface area is 175 Å². The van der Waals surface area contributed by atoms with E-state index < -0.39 is 15.5 Å². The largest absolute Gasteiger partial charge is 0.523 e. The zero-order valence-electron chi connectivity index (χ0n) is 18.1. The number of allylic oxidation sites excluding steroid dienone is 2. The van der Waals surface area contributed by atoms with Gasteiger partial charge in [-0.2, -0.15) is 0 Å². The molecular formula is C22H39N2O5. The Morgan fingerprint density at radius 3 is 1.45 bits per heavy atom. The van der Waals surface area contributed by atoms with E-state index in [0.717, 1.165) is 32.0 Å². The van der Waals surface area contributed by atoms with E-state index in [9.17, 15) is 25.0 Å². The van der Waals surface area contributed by atoms with Crippen molar-refractivity contribution in [3.05, 3.63) is 32.4 Å². The molecule has 7 heteroatoms. The highest BCUT2D eigenvalue weighted by Crippen LogP contribution is 2.19. The standard InChI is InChI=1S/C22H39N2O5/c1-2-3-4-5-6-7-8-9-10-11-12-13-14-15-16-17-18-19-20-22(21-25,23(26)27)24(28)29/h9-10H,2-8,11-20H2,1H3/b10-9-. The molecule has 0 aliphatic heterocycles. The van der Waals surface area contributed by atoms with E-state index >= 15 is 0 Å². The molecule has 0 saturated heterocycles. The molecule has 0 rings (SSSR count). The van der Waals surface area contributed by atoms with Gasteiger partial charge in [0, 0.05) is 0 Å². The molecule has 1 radical (unpaired) electrons. The van der Waals surface area contributed by atoms with Gasteiger partial charge in [0.2, 0.25) is 0 Å². The van der Waals surface area contributed by atoms with Gasteiger partial charge < -0.3 is 0 Å². The van der Waals surface area contributed by atoms with Crippen molar-refractivity contribution in [2.75, 3.05) is 0 Å². The van der Waals surface area contributed by atoms with Crippen molar-refractivity contribution in [2.24, 2.45) is 0 Å². The lowest BCUT2D eigenvalue weighted by molar-refractivity contribution is -0.772. The van der Waals surface area contributed by atoms with Gasteiger partial charge in [-0.05, 0) is 32.1 Å². The van der Waals surface area contributed by atoms with Crippen molar-refractivity contribution >= 4 is 6.29 Å². The van der Waals surface area contributed by atoms with E-state index in [4.69, 9.17) is 0 Å². The average Bonchev–Trinajstić information content (AvgIpc) is 2.69. The number of rotatable bonds is 21. The predicted octanol–water partition coefficient (Wildman–Crippen LogP) is 6.55. The molecule has 0 aromatic heterocycles. The molecule has 29 heavy (non-hydrogen) atoms. The fraction of sp³-hybridized carbons (Fsp3) is 0.864. The first-order chi connectivity index (χ1) is 14.0. The Bertz CT molecular complexity index is 466. The van der Waals surface area contributed by atoms with Gasteiger partial charge in [-0.15, -0.1) is 0 Å². The van der Waals surface area contributed by atoms with Gasteiger partial charge in [0.15, 0.2) is 0 Å². The summed E-state index contributed by atoms with van der Waals surface area (Å²) in [6.07, 6.45) is 23.1. The Balaban J connectivity index is 3.49. The third kappa shape index (κ3) is 13.1. The fourth-order valence-electron chi connectivity index (χ4n) is 3.35. The number of hydrogen-bond acceptors (Lipinski definition) is 5. The van der Waals surface area contributed by atoms with E-state index in [1.54, 1.807) is 0 Å².